The Kier molecular flexibility index (Phi) is 4.47. The van der Waals surface area contributed by atoms with Gasteiger partial charge in [-0.2, -0.15) is 0 Å². The van der Waals surface area contributed by atoms with Gasteiger partial charge in [0.1, 0.15) is 10.6 Å². The van der Waals surface area contributed by atoms with E-state index in [-0.39, 0.29) is 5.91 Å². The molecule has 1 amide bonds. The van der Waals surface area contributed by atoms with E-state index in [0.717, 1.165) is 34.5 Å². The predicted molar refractivity (Wildman–Crippen MR) is 101 cm³/mol. The zero-order valence-electron chi connectivity index (χ0n) is 14.6. The van der Waals surface area contributed by atoms with Crippen LogP contribution in [0.3, 0.4) is 0 Å². The van der Waals surface area contributed by atoms with E-state index in [0.29, 0.717) is 15.7 Å². The first-order valence-electron chi connectivity index (χ1n) is 8.11. The Morgan fingerprint density at radius 2 is 2.19 bits per heavy atom. The highest BCUT2D eigenvalue weighted by Crippen LogP contribution is 2.50. The van der Waals surface area contributed by atoms with Crippen LogP contribution < -0.4 is 4.74 Å². The third-order valence-electron chi connectivity index (χ3n) is 4.41. The topological polar surface area (TPSA) is 64.5 Å². The molecule has 6 nitrogen and oxygen atoms in total. The van der Waals surface area contributed by atoms with Crippen LogP contribution in [0, 0.1) is 6.92 Å². The number of amides is 1. The van der Waals surface area contributed by atoms with Gasteiger partial charge in [-0.15, -0.1) is 0 Å². The second-order valence-corrected chi connectivity index (χ2v) is 7.71. The van der Waals surface area contributed by atoms with Crippen LogP contribution in [0.4, 0.5) is 0 Å². The van der Waals surface area contributed by atoms with Gasteiger partial charge < -0.3 is 4.74 Å². The normalized spacial score (nSPS) is 12.4. The highest BCUT2D eigenvalue weighted by Gasteiger charge is 2.32. The van der Waals surface area contributed by atoms with Crippen LogP contribution in [0.25, 0.3) is 10.4 Å². The fourth-order valence-corrected chi connectivity index (χ4v) is 5.08. The predicted octanol–water partition coefficient (Wildman–Crippen LogP) is 4.10. The van der Waals surface area contributed by atoms with Gasteiger partial charge in [-0.05, 0) is 54.6 Å². The monoisotopic (exact) mass is 387 g/mol. The van der Waals surface area contributed by atoms with Gasteiger partial charge in [-0.25, -0.2) is 9.44 Å². The summed E-state index contributed by atoms with van der Waals surface area (Å²) < 4.78 is 10.5. The molecule has 0 unspecified atom stereocenters. The highest BCUT2D eigenvalue weighted by atomic mass is 32.1. The molecule has 3 aromatic heterocycles. The number of aromatic nitrogens is 2. The van der Waals surface area contributed by atoms with E-state index >= 15 is 0 Å². The maximum atomic E-state index is 12.8. The van der Waals surface area contributed by atoms with Gasteiger partial charge in [0, 0.05) is 19.4 Å². The average molecular weight is 387 g/mol. The molecule has 134 valence electrons. The lowest BCUT2D eigenvalue weighted by molar-refractivity contribution is -0.0754. The summed E-state index contributed by atoms with van der Waals surface area (Å²) in [4.78, 5) is 23.9. The molecule has 0 radical (unpaired) electrons. The Bertz CT molecular complexity index is 980. The molecule has 0 saturated carbocycles. The summed E-state index contributed by atoms with van der Waals surface area (Å²) in [5.41, 5.74) is 4.00. The molecule has 0 aliphatic heterocycles. The van der Waals surface area contributed by atoms with Gasteiger partial charge in [0.2, 0.25) is 0 Å². The number of rotatable bonds is 4. The maximum absolute atomic E-state index is 12.8. The number of nitrogens with zero attached hydrogens (tertiary/aromatic N) is 3. The first kappa shape index (κ1) is 17.1. The van der Waals surface area contributed by atoms with Gasteiger partial charge in [0.25, 0.3) is 5.91 Å². The molecule has 0 bridgehead atoms. The molecule has 0 spiro atoms. The van der Waals surface area contributed by atoms with Crippen LogP contribution in [-0.2, 0) is 17.7 Å². The lowest BCUT2D eigenvalue weighted by Crippen LogP contribution is -2.25. The Morgan fingerprint density at radius 3 is 2.96 bits per heavy atom. The second-order valence-electron chi connectivity index (χ2n) is 5.93. The Morgan fingerprint density at radius 1 is 1.35 bits per heavy atom. The van der Waals surface area contributed by atoms with Crippen molar-refractivity contribution in [2.24, 2.45) is 0 Å². The van der Waals surface area contributed by atoms with E-state index in [1.165, 1.54) is 40.6 Å². The SMILES string of the molecule is CON(C)C(=O)c1sc(Oc2cccnc2C)c2c1CCc1cnsc1-2. The van der Waals surface area contributed by atoms with E-state index in [1.54, 1.807) is 13.2 Å². The summed E-state index contributed by atoms with van der Waals surface area (Å²) in [6.07, 6.45) is 5.29. The summed E-state index contributed by atoms with van der Waals surface area (Å²) in [6, 6.07) is 3.72. The van der Waals surface area contributed by atoms with Crippen molar-refractivity contribution in [3.63, 3.8) is 0 Å². The summed E-state index contributed by atoms with van der Waals surface area (Å²) in [5.74, 6) is 0.520. The molecular weight excluding hydrogens is 370 g/mol. The Hall–Kier alpha value is -2.29. The molecular formula is C18H17N3O3S2. The van der Waals surface area contributed by atoms with Crippen molar-refractivity contribution in [3.8, 4) is 21.3 Å². The number of pyridine rings is 1. The number of thiophene rings is 1. The van der Waals surface area contributed by atoms with Gasteiger partial charge in [-0.3, -0.25) is 14.6 Å². The average Bonchev–Trinajstić information content (AvgIpc) is 3.26. The third kappa shape index (κ3) is 2.80. The molecule has 0 atom stereocenters. The van der Waals surface area contributed by atoms with Crippen LogP contribution in [-0.4, -0.2) is 34.5 Å². The first-order chi connectivity index (χ1) is 12.6. The lowest BCUT2D eigenvalue weighted by Gasteiger charge is -2.16. The summed E-state index contributed by atoms with van der Waals surface area (Å²) in [6.45, 7) is 1.90. The molecule has 0 fully saturated rings. The van der Waals surface area contributed by atoms with Crippen LogP contribution in [0.5, 0.6) is 10.8 Å². The summed E-state index contributed by atoms with van der Waals surface area (Å²) >= 11 is 2.80. The van der Waals surface area contributed by atoms with Crippen molar-refractivity contribution in [3.05, 3.63) is 46.2 Å². The van der Waals surface area contributed by atoms with Gasteiger partial charge in [0.05, 0.1) is 23.2 Å². The Labute approximate surface area is 159 Å². The molecule has 1 aliphatic carbocycles. The van der Waals surface area contributed by atoms with Crippen molar-refractivity contribution in [1.29, 1.82) is 0 Å². The fraction of sp³-hybridized carbons (Fsp3) is 0.278. The quantitative estimate of drug-likeness (QED) is 0.631. The van der Waals surface area contributed by atoms with E-state index in [1.807, 2.05) is 25.3 Å². The van der Waals surface area contributed by atoms with E-state index in [9.17, 15) is 4.79 Å². The molecule has 3 aromatic rings. The number of hydrogen-bond acceptors (Lipinski definition) is 7. The standard InChI is InChI=1S/C18H17N3O3S2/c1-10-13(5-4-8-19-10)24-18-14-12(7-6-11-9-20-26-15(11)14)16(25-18)17(22)21(2)23-3/h4-5,8-9H,6-7H2,1-3H3. The molecule has 1 aliphatic rings. The minimum atomic E-state index is -0.167. The van der Waals surface area contributed by atoms with Crippen LogP contribution in [0.1, 0.15) is 26.5 Å². The molecule has 0 aromatic carbocycles. The number of carbonyl (C=O) groups excluding carboxylic acids is 1. The van der Waals surface area contributed by atoms with Crippen LogP contribution in [0.15, 0.2) is 24.5 Å². The number of carbonyl (C=O) groups is 1. The Balaban J connectivity index is 1.85. The van der Waals surface area contributed by atoms with E-state index in [2.05, 4.69) is 9.36 Å². The third-order valence-corrected chi connectivity index (χ3v) is 6.36. The second kappa shape index (κ2) is 6.79. The molecule has 26 heavy (non-hydrogen) atoms. The van der Waals surface area contributed by atoms with Gasteiger partial charge in [0.15, 0.2) is 5.06 Å². The minimum absolute atomic E-state index is 0.167. The molecule has 3 heterocycles. The highest BCUT2D eigenvalue weighted by molar-refractivity contribution is 7.17. The van der Waals surface area contributed by atoms with Crippen molar-refractivity contribution < 1.29 is 14.4 Å². The number of ether oxygens (including phenoxy) is 1. The molecule has 4 rings (SSSR count). The number of hydrogen-bond donors (Lipinski definition) is 0. The molecule has 8 heteroatoms. The summed E-state index contributed by atoms with van der Waals surface area (Å²) in [5, 5.41) is 1.95. The molecule has 0 saturated heterocycles. The van der Waals surface area contributed by atoms with Crippen LogP contribution in [0.2, 0.25) is 0 Å². The van der Waals surface area contributed by atoms with E-state index in [4.69, 9.17) is 9.57 Å². The minimum Gasteiger partial charge on any atom is -0.444 e. The zero-order valence-corrected chi connectivity index (χ0v) is 16.2. The fourth-order valence-electron chi connectivity index (χ4n) is 2.96. The van der Waals surface area contributed by atoms with Crippen LogP contribution >= 0.6 is 22.9 Å². The van der Waals surface area contributed by atoms with Crippen molar-refractivity contribution in [2.45, 2.75) is 19.8 Å². The first-order valence-corrected chi connectivity index (χ1v) is 9.70. The van der Waals surface area contributed by atoms with E-state index < -0.39 is 0 Å². The van der Waals surface area contributed by atoms with Gasteiger partial charge >= 0.3 is 0 Å². The number of hydroxylamine groups is 2. The number of fused-ring (bicyclic) bond motifs is 3. The van der Waals surface area contributed by atoms with Crippen molar-refractivity contribution in [2.75, 3.05) is 14.2 Å². The lowest BCUT2D eigenvalue weighted by atomic mass is 9.93. The van der Waals surface area contributed by atoms with Gasteiger partial charge in [-0.1, -0.05) is 11.3 Å². The largest absolute Gasteiger partial charge is 0.444 e. The zero-order chi connectivity index (χ0) is 18.3. The smallest absolute Gasteiger partial charge is 0.287 e. The number of aryl methyl sites for hydroxylation is 2. The molecule has 0 N–H and O–H groups in total. The summed E-state index contributed by atoms with van der Waals surface area (Å²) in [7, 11) is 3.09. The van der Waals surface area contributed by atoms with Crippen molar-refractivity contribution in [1.82, 2.24) is 14.4 Å². The van der Waals surface area contributed by atoms with Crippen molar-refractivity contribution >= 4 is 28.8 Å². The maximum Gasteiger partial charge on any atom is 0.287 e.